The van der Waals surface area contributed by atoms with Crippen molar-refractivity contribution >= 4 is 40.9 Å². The van der Waals surface area contributed by atoms with Gasteiger partial charge in [0.25, 0.3) is 0 Å². The van der Waals surface area contributed by atoms with Crippen molar-refractivity contribution in [2.75, 3.05) is 57.3 Å². The molecule has 2 heterocycles. The van der Waals surface area contributed by atoms with Gasteiger partial charge in [-0.15, -0.1) is 11.8 Å². The number of halogens is 8. The van der Waals surface area contributed by atoms with E-state index in [9.17, 15) is 39.9 Å². The number of anilines is 2. The number of carbonyl (C=O) groups is 1. The van der Waals surface area contributed by atoms with Gasteiger partial charge in [-0.1, -0.05) is 23.9 Å². The molecule has 0 N–H and O–H groups in total. The van der Waals surface area contributed by atoms with E-state index in [1.54, 1.807) is 0 Å². The molecule has 2 aliphatic rings. The SMILES string of the molecule is CC(Sc1c(F)c(F)c(F)c(F)c1F)C(=O)OCCN1CCN(CCCN2c3ccccc3Sc3ccc(C(F)(F)F)cc32)CC1. The van der Waals surface area contributed by atoms with Crippen LogP contribution in [-0.4, -0.2) is 73.4 Å². The summed E-state index contributed by atoms with van der Waals surface area (Å²) in [4.78, 5) is 19.2. The van der Waals surface area contributed by atoms with Gasteiger partial charge in [-0.25, -0.2) is 22.0 Å². The third-order valence-corrected chi connectivity index (χ3v) is 9.99. The molecule has 3 aromatic carbocycles. The lowest BCUT2D eigenvalue weighted by atomic mass is 10.1. The molecule has 0 saturated carbocycles. The predicted molar refractivity (Wildman–Crippen MR) is 159 cm³/mol. The number of rotatable bonds is 10. The van der Waals surface area contributed by atoms with Crippen LogP contribution in [0.15, 0.2) is 57.2 Å². The Morgan fingerprint density at radius 2 is 1.41 bits per heavy atom. The average molecular weight is 692 g/mol. The fourth-order valence-electron chi connectivity index (χ4n) is 5.24. The lowest BCUT2D eigenvalue weighted by molar-refractivity contribution is -0.143. The number of fused-ring (bicyclic) bond motifs is 2. The molecule has 0 aromatic heterocycles. The molecule has 1 atom stereocenters. The van der Waals surface area contributed by atoms with Crippen LogP contribution < -0.4 is 4.90 Å². The fraction of sp³-hybridized carbons (Fsp3) is 0.387. The van der Waals surface area contributed by atoms with E-state index in [0.717, 1.165) is 41.2 Å². The van der Waals surface area contributed by atoms with Crippen LogP contribution in [-0.2, 0) is 15.7 Å². The Bertz CT molecular complexity index is 1560. The van der Waals surface area contributed by atoms with E-state index in [0.29, 0.717) is 38.3 Å². The Hall–Kier alpha value is -3.01. The third kappa shape index (κ3) is 7.58. The summed E-state index contributed by atoms with van der Waals surface area (Å²) in [7, 11) is 0. The van der Waals surface area contributed by atoms with Gasteiger partial charge in [-0.3, -0.25) is 9.69 Å². The number of benzene rings is 3. The number of hydrogen-bond acceptors (Lipinski definition) is 7. The number of thioether (sulfide) groups is 1. The molecule has 0 aliphatic carbocycles. The highest BCUT2D eigenvalue weighted by Gasteiger charge is 2.33. The van der Waals surface area contributed by atoms with Crippen molar-refractivity contribution < 1.29 is 44.7 Å². The van der Waals surface area contributed by atoms with Crippen LogP contribution >= 0.6 is 23.5 Å². The van der Waals surface area contributed by atoms with Crippen molar-refractivity contribution in [3.05, 3.63) is 77.1 Å². The predicted octanol–water partition coefficient (Wildman–Crippen LogP) is 7.74. The first-order valence-electron chi connectivity index (χ1n) is 14.4. The summed E-state index contributed by atoms with van der Waals surface area (Å²) in [5.41, 5.74) is 0.726. The smallest absolute Gasteiger partial charge is 0.416 e. The van der Waals surface area contributed by atoms with E-state index in [4.69, 9.17) is 4.74 Å². The Balaban J connectivity index is 1.07. The second-order valence-electron chi connectivity index (χ2n) is 10.8. The minimum atomic E-state index is -4.44. The van der Waals surface area contributed by atoms with Gasteiger partial charge in [0.2, 0.25) is 5.82 Å². The summed E-state index contributed by atoms with van der Waals surface area (Å²) >= 11 is 1.65. The lowest BCUT2D eigenvalue weighted by Crippen LogP contribution is -2.47. The van der Waals surface area contributed by atoms with Crippen LogP contribution in [0.5, 0.6) is 0 Å². The molecule has 0 spiro atoms. The van der Waals surface area contributed by atoms with Gasteiger partial charge in [0.1, 0.15) is 11.9 Å². The first-order chi connectivity index (χ1) is 21.8. The highest BCUT2D eigenvalue weighted by molar-refractivity contribution is 8.00. The van der Waals surface area contributed by atoms with Crippen molar-refractivity contribution in [2.45, 2.75) is 39.5 Å². The summed E-state index contributed by atoms with van der Waals surface area (Å²) in [6.07, 6.45) is -3.73. The van der Waals surface area contributed by atoms with Crippen molar-refractivity contribution in [1.29, 1.82) is 0 Å². The molecular formula is C31H29F8N3O2S2. The Morgan fingerprint density at radius 3 is 2.07 bits per heavy atom. The summed E-state index contributed by atoms with van der Waals surface area (Å²) in [6, 6.07) is 11.5. The van der Waals surface area contributed by atoms with Crippen LogP contribution in [0.2, 0.25) is 0 Å². The molecule has 1 saturated heterocycles. The first-order valence-corrected chi connectivity index (χ1v) is 16.1. The molecule has 0 radical (unpaired) electrons. The minimum Gasteiger partial charge on any atom is -0.463 e. The number of nitrogens with zero attached hydrogens (tertiary/aromatic N) is 3. The van der Waals surface area contributed by atoms with E-state index in [1.165, 1.54) is 30.8 Å². The van der Waals surface area contributed by atoms with Crippen LogP contribution in [0.1, 0.15) is 18.9 Å². The highest BCUT2D eigenvalue weighted by atomic mass is 32.2. The maximum Gasteiger partial charge on any atom is 0.416 e. The van der Waals surface area contributed by atoms with Crippen LogP contribution in [0.4, 0.5) is 46.5 Å². The Kier molecular flexibility index (Phi) is 10.7. The number of alkyl halides is 3. The van der Waals surface area contributed by atoms with Gasteiger partial charge in [0.05, 0.1) is 21.8 Å². The topological polar surface area (TPSA) is 36.0 Å². The van der Waals surface area contributed by atoms with E-state index in [1.807, 2.05) is 29.2 Å². The zero-order valence-corrected chi connectivity index (χ0v) is 26.1. The Labute approximate surface area is 268 Å². The fourth-order valence-corrected chi connectivity index (χ4v) is 7.22. The minimum absolute atomic E-state index is 0.0213. The molecule has 5 nitrogen and oxygen atoms in total. The van der Waals surface area contributed by atoms with Gasteiger partial charge >= 0.3 is 12.1 Å². The second-order valence-corrected chi connectivity index (χ2v) is 13.2. The lowest BCUT2D eigenvalue weighted by Gasteiger charge is -2.36. The molecule has 3 aromatic rings. The Morgan fingerprint density at radius 1 is 0.826 bits per heavy atom. The molecule has 1 unspecified atom stereocenters. The summed E-state index contributed by atoms with van der Waals surface area (Å²) in [5, 5.41) is -1.22. The largest absolute Gasteiger partial charge is 0.463 e. The number of esters is 1. The van der Waals surface area contributed by atoms with Gasteiger partial charge in [-0.2, -0.15) is 13.2 Å². The van der Waals surface area contributed by atoms with Gasteiger partial charge < -0.3 is 14.5 Å². The summed E-state index contributed by atoms with van der Waals surface area (Å²) in [5.74, 6) is -11.3. The maximum absolute atomic E-state index is 14.0. The molecule has 1 fully saturated rings. The number of piperazine rings is 1. The first kappa shape index (κ1) is 34.3. The van der Waals surface area contributed by atoms with E-state index >= 15 is 0 Å². The summed E-state index contributed by atoms with van der Waals surface area (Å²) < 4.78 is 114. The molecule has 46 heavy (non-hydrogen) atoms. The molecule has 0 amide bonds. The second kappa shape index (κ2) is 14.4. The number of carbonyl (C=O) groups excluding carboxylic acids is 1. The van der Waals surface area contributed by atoms with Crippen LogP contribution in [0, 0.1) is 29.1 Å². The van der Waals surface area contributed by atoms with Gasteiger partial charge in [0, 0.05) is 49.1 Å². The standard InChI is InChI=1S/C31H29F8N3O2S2/c1-18(45-29-27(35)25(33)24(32)26(34)28(29)36)30(43)44-16-15-41-13-11-40(12-14-41)9-4-10-42-20-5-2-3-6-22(20)46-23-8-7-19(17-21(23)42)31(37,38)39/h2-3,5-8,17-18H,4,9-16H2,1H3. The molecule has 0 bridgehead atoms. The number of para-hydroxylation sites is 1. The van der Waals surface area contributed by atoms with Gasteiger partial charge in [-0.05, 0) is 50.2 Å². The van der Waals surface area contributed by atoms with Crippen molar-refractivity contribution in [1.82, 2.24) is 9.80 Å². The van der Waals surface area contributed by atoms with Gasteiger partial charge in [0.15, 0.2) is 23.3 Å². The third-order valence-electron chi connectivity index (χ3n) is 7.72. The van der Waals surface area contributed by atoms with E-state index in [2.05, 4.69) is 9.80 Å². The molecule has 5 rings (SSSR count). The van der Waals surface area contributed by atoms with E-state index < -0.39 is 56.9 Å². The van der Waals surface area contributed by atoms with Crippen LogP contribution in [0.3, 0.4) is 0 Å². The normalized spacial score (nSPS) is 16.2. The van der Waals surface area contributed by atoms with Crippen molar-refractivity contribution in [3.8, 4) is 0 Å². The van der Waals surface area contributed by atoms with Crippen molar-refractivity contribution in [2.24, 2.45) is 0 Å². The van der Waals surface area contributed by atoms with Crippen molar-refractivity contribution in [3.63, 3.8) is 0 Å². The molecule has 2 aliphatic heterocycles. The van der Waals surface area contributed by atoms with Crippen LogP contribution in [0.25, 0.3) is 0 Å². The quantitative estimate of drug-likeness (QED) is 0.0708. The monoisotopic (exact) mass is 691 g/mol. The van der Waals surface area contributed by atoms with E-state index in [-0.39, 0.29) is 18.4 Å². The maximum atomic E-state index is 14.0. The average Bonchev–Trinajstić information content (AvgIpc) is 3.04. The zero-order chi connectivity index (χ0) is 33.2. The number of ether oxygens (including phenoxy) is 1. The summed E-state index contributed by atoms with van der Waals surface area (Å²) in [6.45, 7) is 5.67. The number of hydrogen-bond donors (Lipinski definition) is 0. The zero-order valence-electron chi connectivity index (χ0n) is 24.5. The highest BCUT2D eigenvalue weighted by Crippen LogP contribution is 2.49. The molecular weight excluding hydrogens is 662 g/mol. The molecule has 248 valence electrons. The molecule has 15 heteroatoms.